The van der Waals surface area contributed by atoms with Gasteiger partial charge < -0.3 is 15.4 Å². The first-order valence-electron chi connectivity index (χ1n) is 6.81. The van der Waals surface area contributed by atoms with Crippen LogP contribution in [0.15, 0.2) is 36.8 Å². The number of anilines is 1. The Morgan fingerprint density at radius 3 is 3.00 bits per heavy atom. The lowest BCUT2D eigenvalue weighted by Crippen LogP contribution is -2.38. The van der Waals surface area contributed by atoms with E-state index < -0.39 is 0 Å². The number of ether oxygens (including phenoxy) is 1. The van der Waals surface area contributed by atoms with Gasteiger partial charge in [-0.3, -0.25) is 4.68 Å². The summed E-state index contributed by atoms with van der Waals surface area (Å²) in [6, 6.07) is 4.97. The molecule has 0 aliphatic rings. The van der Waals surface area contributed by atoms with Gasteiger partial charge in [-0.15, -0.1) is 0 Å². The molecule has 21 heavy (non-hydrogen) atoms. The molecule has 2 aromatic heterocycles. The van der Waals surface area contributed by atoms with E-state index in [0.29, 0.717) is 24.7 Å². The SMILES string of the molecule is CCOc1ncccc1NC(=O)N[C@@H](C)Cn1cccn1. The second kappa shape index (κ2) is 7.28. The number of hydrogen-bond donors (Lipinski definition) is 2. The molecule has 0 aliphatic carbocycles. The standard InChI is InChI=1S/C14H19N5O2/c1-3-21-13-12(6-4-7-15-13)18-14(20)17-11(2)10-19-9-5-8-16-19/h4-9,11H,3,10H2,1-2H3,(H2,17,18,20)/t11-/m0/s1. The summed E-state index contributed by atoms with van der Waals surface area (Å²) < 4.78 is 7.12. The summed E-state index contributed by atoms with van der Waals surface area (Å²) in [5.41, 5.74) is 0.545. The van der Waals surface area contributed by atoms with E-state index in [1.54, 1.807) is 29.2 Å². The first-order chi connectivity index (χ1) is 10.2. The van der Waals surface area contributed by atoms with E-state index in [-0.39, 0.29) is 12.1 Å². The summed E-state index contributed by atoms with van der Waals surface area (Å²) in [6.07, 6.45) is 5.18. The predicted molar refractivity (Wildman–Crippen MR) is 79.2 cm³/mol. The van der Waals surface area contributed by atoms with Crippen LogP contribution < -0.4 is 15.4 Å². The van der Waals surface area contributed by atoms with Gasteiger partial charge in [-0.25, -0.2) is 9.78 Å². The molecule has 7 heteroatoms. The number of urea groups is 1. The van der Waals surface area contributed by atoms with Gasteiger partial charge >= 0.3 is 6.03 Å². The third-order valence-electron chi connectivity index (χ3n) is 2.70. The van der Waals surface area contributed by atoms with Crippen LogP contribution in [-0.2, 0) is 6.54 Å². The van der Waals surface area contributed by atoms with Crippen molar-refractivity contribution in [2.24, 2.45) is 0 Å². The van der Waals surface area contributed by atoms with Gasteiger partial charge in [-0.2, -0.15) is 5.10 Å². The van der Waals surface area contributed by atoms with Crippen molar-refractivity contribution in [2.45, 2.75) is 26.4 Å². The quantitative estimate of drug-likeness (QED) is 0.851. The summed E-state index contributed by atoms with van der Waals surface area (Å²) in [4.78, 5) is 16.1. The van der Waals surface area contributed by atoms with Crippen molar-refractivity contribution < 1.29 is 9.53 Å². The fourth-order valence-corrected chi connectivity index (χ4v) is 1.85. The fourth-order valence-electron chi connectivity index (χ4n) is 1.85. The molecule has 112 valence electrons. The van der Waals surface area contributed by atoms with Gasteiger partial charge in [0.05, 0.1) is 13.2 Å². The van der Waals surface area contributed by atoms with Gasteiger partial charge in [0.15, 0.2) is 0 Å². The normalized spacial score (nSPS) is 11.7. The van der Waals surface area contributed by atoms with Crippen molar-refractivity contribution in [1.29, 1.82) is 0 Å². The zero-order chi connectivity index (χ0) is 15.1. The zero-order valence-corrected chi connectivity index (χ0v) is 12.1. The Bertz CT molecular complexity index is 571. The summed E-state index contributed by atoms with van der Waals surface area (Å²) in [6.45, 7) is 4.87. The maximum Gasteiger partial charge on any atom is 0.319 e. The Hall–Kier alpha value is -2.57. The number of carbonyl (C=O) groups is 1. The van der Waals surface area contributed by atoms with Gasteiger partial charge in [-0.05, 0) is 32.0 Å². The van der Waals surface area contributed by atoms with Crippen LogP contribution in [-0.4, -0.2) is 33.4 Å². The number of pyridine rings is 1. The Kier molecular flexibility index (Phi) is 5.14. The molecular formula is C14H19N5O2. The highest BCUT2D eigenvalue weighted by atomic mass is 16.5. The number of aromatic nitrogens is 3. The van der Waals surface area contributed by atoms with Crippen LogP contribution in [0.1, 0.15) is 13.8 Å². The molecule has 2 rings (SSSR count). The summed E-state index contributed by atoms with van der Waals surface area (Å²) in [5, 5.41) is 9.68. The first-order valence-corrected chi connectivity index (χ1v) is 6.81. The van der Waals surface area contributed by atoms with Gasteiger partial charge in [0.25, 0.3) is 0 Å². The van der Waals surface area contributed by atoms with Crippen LogP contribution >= 0.6 is 0 Å². The molecule has 2 heterocycles. The maximum atomic E-state index is 12.0. The Labute approximate surface area is 123 Å². The molecule has 0 saturated heterocycles. The number of carbonyl (C=O) groups excluding carboxylic acids is 1. The van der Waals surface area contributed by atoms with Crippen LogP contribution in [0.5, 0.6) is 5.88 Å². The van der Waals surface area contributed by atoms with Crippen molar-refractivity contribution in [2.75, 3.05) is 11.9 Å². The molecule has 0 saturated carbocycles. The van der Waals surface area contributed by atoms with Gasteiger partial charge in [0, 0.05) is 24.6 Å². The van der Waals surface area contributed by atoms with Crippen LogP contribution in [0.3, 0.4) is 0 Å². The Morgan fingerprint density at radius 1 is 1.43 bits per heavy atom. The Balaban J connectivity index is 1.89. The molecule has 0 fully saturated rings. The molecule has 1 atom stereocenters. The monoisotopic (exact) mass is 289 g/mol. The predicted octanol–water partition coefficient (Wildman–Crippen LogP) is 1.89. The first kappa shape index (κ1) is 14.8. The van der Waals surface area contributed by atoms with E-state index in [1.807, 2.05) is 26.1 Å². The van der Waals surface area contributed by atoms with E-state index in [0.717, 1.165) is 0 Å². The molecular weight excluding hydrogens is 270 g/mol. The van der Waals surface area contributed by atoms with Gasteiger partial charge in [0.1, 0.15) is 5.69 Å². The van der Waals surface area contributed by atoms with E-state index in [1.165, 1.54) is 0 Å². The minimum absolute atomic E-state index is 0.0582. The molecule has 0 radical (unpaired) electrons. The topological polar surface area (TPSA) is 81.1 Å². The molecule has 2 aromatic rings. The number of amides is 2. The largest absolute Gasteiger partial charge is 0.476 e. The second-order valence-corrected chi connectivity index (χ2v) is 4.52. The average Bonchev–Trinajstić information content (AvgIpc) is 2.93. The van der Waals surface area contributed by atoms with Crippen molar-refractivity contribution >= 4 is 11.7 Å². The van der Waals surface area contributed by atoms with Crippen molar-refractivity contribution in [3.63, 3.8) is 0 Å². The fraction of sp³-hybridized carbons (Fsp3) is 0.357. The summed E-state index contributed by atoms with van der Waals surface area (Å²) >= 11 is 0. The highest BCUT2D eigenvalue weighted by Gasteiger charge is 2.11. The van der Waals surface area contributed by atoms with Crippen molar-refractivity contribution in [3.05, 3.63) is 36.8 Å². The smallest absolute Gasteiger partial charge is 0.319 e. The van der Waals surface area contributed by atoms with Crippen LogP contribution in [0.2, 0.25) is 0 Å². The molecule has 0 bridgehead atoms. The van der Waals surface area contributed by atoms with Crippen molar-refractivity contribution in [3.8, 4) is 5.88 Å². The minimum Gasteiger partial charge on any atom is -0.476 e. The van der Waals surface area contributed by atoms with Crippen LogP contribution in [0, 0.1) is 0 Å². The lowest BCUT2D eigenvalue weighted by molar-refractivity contribution is 0.247. The summed E-state index contributed by atoms with van der Waals surface area (Å²) in [7, 11) is 0. The van der Waals surface area contributed by atoms with E-state index in [4.69, 9.17) is 4.74 Å². The second-order valence-electron chi connectivity index (χ2n) is 4.52. The third-order valence-corrected chi connectivity index (χ3v) is 2.70. The molecule has 2 N–H and O–H groups in total. The molecule has 7 nitrogen and oxygen atoms in total. The zero-order valence-electron chi connectivity index (χ0n) is 12.1. The molecule has 0 spiro atoms. The molecule has 2 amide bonds. The molecule has 0 aliphatic heterocycles. The van der Waals surface area contributed by atoms with E-state index >= 15 is 0 Å². The number of nitrogens with zero attached hydrogens (tertiary/aromatic N) is 3. The number of nitrogens with one attached hydrogen (secondary N) is 2. The van der Waals surface area contributed by atoms with Crippen molar-refractivity contribution in [1.82, 2.24) is 20.1 Å². The highest BCUT2D eigenvalue weighted by molar-refractivity contribution is 5.90. The van der Waals surface area contributed by atoms with Crippen LogP contribution in [0.25, 0.3) is 0 Å². The number of hydrogen-bond acceptors (Lipinski definition) is 4. The minimum atomic E-state index is -0.302. The van der Waals surface area contributed by atoms with Gasteiger partial charge in [0.2, 0.25) is 5.88 Å². The molecule has 0 aromatic carbocycles. The molecule has 0 unspecified atom stereocenters. The lowest BCUT2D eigenvalue weighted by Gasteiger charge is -2.15. The third kappa shape index (κ3) is 4.48. The lowest BCUT2D eigenvalue weighted by atomic mass is 10.3. The maximum absolute atomic E-state index is 12.0. The van der Waals surface area contributed by atoms with E-state index in [2.05, 4.69) is 20.7 Å². The van der Waals surface area contributed by atoms with Crippen LogP contribution in [0.4, 0.5) is 10.5 Å². The van der Waals surface area contributed by atoms with Gasteiger partial charge in [-0.1, -0.05) is 0 Å². The van der Waals surface area contributed by atoms with E-state index in [9.17, 15) is 4.79 Å². The summed E-state index contributed by atoms with van der Waals surface area (Å²) in [5.74, 6) is 0.412. The highest BCUT2D eigenvalue weighted by Crippen LogP contribution is 2.20. The number of rotatable bonds is 6. The average molecular weight is 289 g/mol. The Morgan fingerprint density at radius 2 is 2.29 bits per heavy atom.